The first kappa shape index (κ1) is 17.9. The van der Waals surface area contributed by atoms with E-state index >= 15 is 0 Å². The first-order valence-electron chi connectivity index (χ1n) is 8.36. The largest absolute Gasteiger partial charge is 0.465 e. The number of aromatic nitrogens is 5. The lowest BCUT2D eigenvalue weighted by Gasteiger charge is -2.07. The van der Waals surface area contributed by atoms with Gasteiger partial charge in [0.05, 0.1) is 18.4 Å². The summed E-state index contributed by atoms with van der Waals surface area (Å²) in [6.45, 7) is 0. The van der Waals surface area contributed by atoms with Crippen LogP contribution in [0.1, 0.15) is 15.9 Å². The second kappa shape index (κ2) is 7.65. The van der Waals surface area contributed by atoms with E-state index in [0.717, 1.165) is 22.2 Å². The minimum atomic E-state index is -0.404. The van der Waals surface area contributed by atoms with E-state index in [1.165, 1.54) is 18.9 Å². The van der Waals surface area contributed by atoms with Gasteiger partial charge in [0.25, 0.3) is 0 Å². The number of esters is 1. The van der Waals surface area contributed by atoms with Crippen LogP contribution in [-0.4, -0.2) is 38.3 Å². The molecule has 0 fully saturated rings. The number of hydrogen-bond donors (Lipinski definition) is 1. The number of pyridine rings is 1. The van der Waals surface area contributed by atoms with Crippen molar-refractivity contribution in [2.45, 2.75) is 10.9 Å². The van der Waals surface area contributed by atoms with Crippen molar-refractivity contribution in [2.24, 2.45) is 0 Å². The van der Waals surface area contributed by atoms with E-state index in [4.69, 9.17) is 4.74 Å². The highest BCUT2D eigenvalue weighted by Gasteiger charge is 2.12. The summed E-state index contributed by atoms with van der Waals surface area (Å²) >= 11 is 1.42. The van der Waals surface area contributed by atoms with Gasteiger partial charge in [-0.15, -0.1) is 5.10 Å². The molecule has 28 heavy (non-hydrogen) atoms. The predicted molar refractivity (Wildman–Crippen MR) is 105 cm³/mol. The maximum absolute atomic E-state index is 11.9. The Kier molecular flexibility index (Phi) is 4.90. The van der Waals surface area contributed by atoms with Crippen molar-refractivity contribution in [2.75, 3.05) is 7.11 Å². The van der Waals surface area contributed by atoms with Crippen LogP contribution in [0, 0.1) is 0 Å². The van der Waals surface area contributed by atoms with Gasteiger partial charge in [-0.25, -0.2) is 4.79 Å². The fourth-order valence-corrected chi connectivity index (χ4v) is 3.71. The summed E-state index contributed by atoms with van der Waals surface area (Å²) in [6, 6.07) is 16.0. The SMILES string of the molecule is COC(=O)c1ccc(-n2nnnc2SCc2cc(=O)[nH]c3ccccc23)cc1. The Balaban J connectivity index is 1.59. The fraction of sp³-hybridized carbons (Fsp3) is 0.105. The predicted octanol–water partition coefficient (Wildman–Crippen LogP) is 2.58. The van der Waals surface area contributed by atoms with E-state index in [0.29, 0.717) is 16.5 Å². The zero-order chi connectivity index (χ0) is 19.5. The van der Waals surface area contributed by atoms with Crippen LogP contribution < -0.4 is 5.56 Å². The first-order valence-corrected chi connectivity index (χ1v) is 9.35. The van der Waals surface area contributed by atoms with Gasteiger partial charge < -0.3 is 9.72 Å². The molecule has 4 rings (SSSR count). The van der Waals surface area contributed by atoms with Gasteiger partial charge in [0.2, 0.25) is 10.7 Å². The summed E-state index contributed by atoms with van der Waals surface area (Å²) in [4.78, 5) is 26.3. The van der Waals surface area contributed by atoms with Crippen LogP contribution in [-0.2, 0) is 10.5 Å². The molecule has 1 N–H and O–H groups in total. The number of carbonyl (C=O) groups excluding carboxylic acids is 1. The van der Waals surface area contributed by atoms with E-state index in [9.17, 15) is 9.59 Å². The number of rotatable bonds is 5. The maximum Gasteiger partial charge on any atom is 0.337 e. The standard InChI is InChI=1S/C19H15N5O3S/c1-27-18(26)12-6-8-14(9-7-12)24-19(21-22-23-24)28-11-13-10-17(25)20-16-5-3-2-4-15(13)16/h2-10H,11H2,1H3,(H,20,25). The fourth-order valence-electron chi connectivity index (χ4n) is 2.83. The van der Waals surface area contributed by atoms with Gasteiger partial charge in [0, 0.05) is 22.7 Å². The minimum absolute atomic E-state index is 0.146. The summed E-state index contributed by atoms with van der Waals surface area (Å²) in [5, 5.41) is 13.4. The molecule has 0 radical (unpaired) electrons. The number of benzene rings is 2. The third kappa shape index (κ3) is 3.52. The molecule has 0 saturated carbocycles. The van der Waals surface area contributed by atoms with Crippen molar-refractivity contribution in [1.82, 2.24) is 25.2 Å². The molecular formula is C19H15N5O3S. The topological polar surface area (TPSA) is 103 Å². The molecule has 2 aromatic heterocycles. The van der Waals surface area contributed by atoms with Crippen molar-refractivity contribution < 1.29 is 9.53 Å². The van der Waals surface area contributed by atoms with Crippen molar-refractivity contribution in [3.05, 3.63) is 76.1 Å². The van der Waals surface area contributed by atoms with Crippen LogP contribution in [0.3, 0.4) is 0 Å². The van der Waals surface area contributed by atoms with E-state index in [1.54, 1.807) is 35.0 Å². The van der Waals surface area contributed by atoms with E-state index in [2.05, 4.69) is 20.5 Å². The van der Waals surface area contributed by atoms with Gasteiger partial charge in [-0.05, 0) is 46.3 Å². The Morgan fingerprint density at radius 2 is 1.96 bits per heavy atom. The summed E-state index contributed by atoms with van der Waals surface area (Å²) in [5.41, 5.74) is 2.72. The molecule has 0 spiro atoms. The zero-order valence-corrected chi connectivity index (χ0v) is 15.6. The highest BCUT2D eigenvalue weighted by molar-refractivity contribution is 7.98. The Morgan fingerprint density at radius 3 is 2.75 bits per heavy atom. The number of para-hydroxylation sites is 1. The summed E-state index contributed by atoms with van der Waals surface area (Å²) < 4.78 is 6.29. The third-order valence-corrected chi connectivity index (χ3v) is 5.13. The number of fused-ring (bicyclic) bond motifs is 1. The maximum atomic E-state index is 11.9. The monoisotopic (exact) mass is 393 g/mol. The van der Waals surface area contributed by atoms with Gasteiger partial charge in [0.15, 0.2) is 0 Å². The minimum Gasteiger partial charge on any atom is -0.465 e. The lowest BCUT2D eigenvalue weighted by Crippen LogP contribution is -2.06. The van der Waals surface area contributed by atoms with Gasteiger partial charge in [-0.3, -0.25) is 4.79 Å². The number of nitrogens with one attached hydrogen (secondary N) is 1. The van der Waals surface area contributed by atoms with E-state index in [1.807, 2.05) is 24.3 Å². The highest BCUT2D eigenvalue weighted by atomic mass is 32.2. The van der Waals surface area contributed by atoms with Crippen molar-refractivity contribution in [3.8, 4) is 5.69 Å². The van der Waals surface area contributed by atoms with Crippen LogP contribution >= 0.6 is 11.8 Å². The van der Waals surface area contributed by atoms with Crippen LogP contribution in [0.25, 0.3) is 16.6 Å². The van der Waals surface area contributed by atoms with E-state index in [-0.39, 0.29) is 5.56 Å². The molecule has 140 valence electrons. The van der Waals surface area contributed by atoms with Crippen LogP contribution in [0.5, 0.6) is 0 Å². The first-order chi connectivity index (χ1) is 13.7. The Hall–Kier alpha value is -3.46. The molecule has 2 aromatic carbocycles. The number of nitrogens with zero attached hydrogens (tertiary/aromatic N) is 4. The number of carbonyl (C=O) groups is 1. The Labute approximate surface area is 163 Å². The van der Waals surface area contributed by atoms with Crippen molar-refractivity contribution in [1.29, 1.82) is 0 Å². The molecule has 9 heteroatoms. The van der Waals surface area contributed by atoms with Gasteiger partial charge in [-0.2, -0.15) is 4.68 Å². The average Bonchev–Trinajstić information content (AvgIpc) is 3.20. The van der Waals surface area contributed by atoms with Crippen molar-refractivity contribution >= 4 is 28.6 Å². The molecule has 4 aromatic rings. The summed E-state index contributed by atoms with van der Waals surface area (Å²) in [7, 11) is 1.34. The lowest BCUT2D eigenvalue weighted by molar-refractivity contribution is 0.0600. The third-order valence-electron chi connectivity index (χ3n) is 4.17. The number of thioether (sulfide) groups is 1. The molecule has 8 nitrogen and oxygen atoms in total. The molecular weight excluding hydrogens is 378 g/mol. The normalized spacial score (nSPS) is 10.9. The number of H-pyrrole nitrogens is 1. The molecule has 0 atom stereocenters. The zero-order valence-electron chi connectivity index (χ0n) is 14.8. The average molecular weight is 393 g/mol. The Morgan fingerprint density at radius 1 is 1.18 bits per heavy atom. The molecule has 2 heterocycles. The molecule has 0 aliphatic carbocycles. The molecule has 0 aliphatic rings. The lowest BCUT2D eigenvalue weighted by atomic mass is 10.1. The highest BCUT2D eigenvalue weighted by Crippen LogP contribution is 2.25. The number of ether oxygens (including phenoxy) is 1. The summed E-state index contributed by atoms with van der Waals surface area (Å²) in [5.74, 6) is 0.129. The number of tetrazole rings is 1. The van der Waals surface area contributed by atoms with Crippen LogP contribution in [0.15, 0.2) is 64.5 Å². The molecule has 0 bridgehead atoms. The smallest absolute Gasteiger partial charge is 0.337 e. The Bertz CT molecular complexity index is 1200. The number of aromatic amines is 1. The van der Waals surface area contributed by atoms with Crippen LogP contribution in [0.2, 0.25) is 0 Å². The van der Waals surface area contributed by atoms with Crippen LogP contribution in [0.4, 0.5) is 0 Å². The number of hydrogen-bond acceptors (Lipinski definition) is 7. The molecule has 0 saturated heterocycles. The van der Waals surface area contributed by atoms with Crippen molar-refractivity contribution in [3.63, 3.8) is 0 Å². The molecule has 0 amide bonds. The second-order valence-corrected chi connectivity index (χ2v) is 6.85. The van der Waals surface area contributed by atoms with Gasteiger partial charge in [-0.1, -0.05) is 30.0 Å². The number of methoxy groups -OCH3 is 1. The molecule has 0 unspecified atom stereocenters. The molecule has 0 aliphatic heterocycles. The van der Waals surface area contributed by atoms with E-state index < -0.39 is 5.97 Å². The summed E-state index contributed by atoms with van der Waals surface area (Å²) in [6.07, 6.45) is 0. The van der Waals surface area contributed by atoms with Gasteiger partial charge >= 0.3 is 5.97 Å². The van der Waals surface area contributed by atoms with Gasteiger partial charge in [0.1, 0.15) is 0 Å². The quantitative estimate of drug-likeness (QED) is 0.411. The second-order valence-electron chi connectivity index (χ2n) is 5.90.